The van der Waals surface area contributed by atoms with Crippen LogP contribution in [-0.4, -0.2) is 0 Å². The highest BCUT2D eigenvalue weighted by molar-refractivity contribution is 6.33. The van der Waals surface area contributed by atoms with E-state index < -0.39 is 0 Å². The fourth-order valence-electron chi connectivity index (χ4n) is 0.736. The molecular weight excluding hydrogens is 148 g/mol. The van der Waals surface area contributed by atoms with E-state index in [0.29, 0.717) is 10.7 Å². The van der Waals surface area contributed by atoms with Gasteiger partial charge in [-0.25, -0.2) is 0 Å². The van der Waals surface area contributed by atoms with Crippen molar-refractivity contribution in [2.75, 3.05) is 5.73 Å². The Labute approximate surface area is 64.8 Å². The molecule has 0 spiro atoms. The van der Waals surface area contributed by atoms with Crippen LogP contribution >= 0.6 is 11.6 Å². The Morgan fingerprint density at radius 2 is 2.20 bits per heavy atom. The number of rotatable bonds is 1. The van der Waals surface area contributed by atoms with E-state index in [1.165, 1.54) is 0 Å². The van der Waals surface area contributed by atoms with Crippen molar-refractivity contribution in [3.63, 3.8) is 0 Å². The molecule has 1 aromatic carbocycles. The summed E-state index contributed by atoms with van der Waals surface area (Å²) in [5.74, 6) is 0. The normalized spacial score (nSPS) is 9.80. The number of anilines is 1. The molecule has 0 saturated carbocycles. The average Bonchev–Trinajstić information content (AvgIpc) is 1.95. The summed E-state index contributed by atoms with van der Waals surface area (Å²) in [6.45, 7) is 0.187. The summed E-state index contributed by atoms with van der Waals surface area (Å²) < 4.78 is 0. The fraction of sp³-hybridized carbons (Fsp3) is 0.143. The summed E-state index contributed by atoms with van der Waals surface area (Å²) >= 11 is 5.68. The Morgan fingerprint density at radius 3 is 2.70 bits per heavy atom. The number of nitrogens with one attached hydrogen (secondary N) is 1. The number of nitrogens with two attached hydrogens (primary N) is 1. The van der Waals surface area contributed by atoms with Gasteiger partial charge >= 0.3 is 0 Å². The van der Waals surface area contributed by atoms with E-state index >= 15 is 0 Å². The maximum absolute atomic E-state index is 7.04. The van der Waals surface area contributed by atoms with Crippen molar-refractivity contribution in [1.82, 2.24) is 5.73 Å². The molecule has 1 radical (unpaired) electrons. The molecule has 3 N–H and O–H groups in total. The number of benzene rings is 1. The molecule has 0 atom stereocenters. The zero-order valence-corrected chi connectivity index (χ0v) is 6.15. The lowest BCUT2D eigenvalue weighted by Crippen LogP contribution is -1.94. The fourth-order valence-corrected chi connectivity index (χ4v) is 0.930. The van der Waals surface area contributed by atoms with Crippen LogP contribution in [0.15, 0.2) is 18.2 Å². The largest absolute Gasteiger partial charge is 0.397 e. The van der Waals surface area contributed by atoms with Crippen molar-refractivity contribution >= 4 is 17.3 Å². The molecule has 0 saturated heterocycles. The summed E-state index contributed by atoms with van der Waals surface area (Å²) in [5.41, 5.74) is 13.9. The maximum atomic E-state index is 7.04. The molecule has 1 aromatic rings. The lowest BCUT2D eigenvalue weighted by molar-refractivity contribution is 1.03. The van der Waals surface area contributed by atoms with E-state index in [1.807, 2.05) is 0 Å². The predicted octanol–water partition coefficient (Wildman–Crippen LogP) is 1.71. The molecule has 0 amide bonds. The van der Waals surface area contributed by atoms with Crippen molar-refractivity contribution in [2.24, 2.45) is 0 Å². The Morgan fingerprint density at radius 1 is 1.50 bits per heavy atom. The maximum Gasteiger partial charge on any atom is 0.0638 e. The number of hydrogen-bond acceptors (Lipinski definition) is 1. The van der Waals surface area contributed by atoms with Crippen LogP contribution in [0.4, 0.5) is 5.69 Å². The van der Waals surface area contributed by atoms with E-state index in [9.17, 15) is 0 Å². The smallest absolute Gasteiger partial charge is 0.0638 e. The lowest BCUT2D eigenvalue weighted by Gasteiger charge is -2.01. The SMILES string of the molecule is [NH]Cc1cccc(Cl)c1N. The molecule has 0 aliphatic rings. The quantitative estimate of drug-likeness (QED) is 0.617. The highest BCUT2D eigenvalue weighted by Crippen LogP contribution is 2.21. The molecule has 0 aliphatic carbocycles. The van der Waals surface area contributed by atoms with Gasteiger partial charge in [-0.1, -0.05) is 23.7 Å². The molecule has 1 rings (SSSR count). The van der Waals surface area contributed by atoms with Crippen molar-refractivity contribution in [2.45, 2.75) is 6.54 Å². The summed E-state index contributed by atoms with van der Waals surface area (Å²) in [6.07, 6.45) is 0. The number of para-hydroxylation sites is 1. The van der Waals surface area contributed by atoms with E-state index in [1.54, 1.807) is 18.2 Å². The molecule has 0 aliphatic heterocycles. The van der Waals surface area contributed by atoms with Gasteiger partial charge in [0.15, 0.2) is 0 Å². The molecule has 0 fully saturated rings. The van der Waals surface area contributed by atoms with Crippen LogP contribution in [0.2, 0.25) is 5.02 Å². The van der Waals surface area contributed by atoms with E-state index in [0.717, 1.165) is 5.56 Å². The lowest BCUT2D eigenvalue weighted by atomic mass is 10.2. The number of nitrogen functional groups attached to an aromatic ring is 1. The van der Waals surface area contributed by atoms with Crippen molar-refractivity contribution in [3.8, 4) is 0 Å². The first-order valence-corrected chi connectivity index (χ1v) is 3.31. The summed E-state index contributed by atoms with van der Waals surface area (Å²) in [6, 6.07) is 5.31. The van der Waals surface area contributed by atoms with Crippen molar-refractivity contribution in [3.05, 3.63) is 28.8 Å². The highest BCUT2D eigenvalue weighted by Gasteiger charge is 1.98. The summed E-state index contributed by atoms with van der Waals surface area (Å²) in [4.78, 5) is 0. The zero-order valence-electron chi connectivity index (χ0n) is 5.39. The minimum atomic E-state index is 0.187. The second-order valence-corrected chi connectivity index (χ2v) is 2.40. The van der Waals surface area contributed by atoms with Crippen molar-refractivity contribution in [1.29, 1.82) is 0 Å². The van der Waals surface area contributed by atoms with Crippen LogP contribution in [0.3, 0.4) is 0 Å². The first kappa shape index (κ1) is 7.38. The van der Waals surface area contributed by atoms with E-state index in [-0.39, 0.29) is 6.54 Å². The van der Waals surface area contributed by atoms with Gasteiger partial charge in [0.05, 0.1) is 10.7 Å². The molecule has 0 aromatic heterocycles. The average molecular weight is 156 g/mol. The number of hydrogen-bond donors (Lipinski definition) is 1. The van der Waals surface area contributed by atoms with Gasteiger partial charge in [0.1, 0.15) is 0 Å². The van der Waals surface area contributed by atoms with Crippen LogP contribution in [0.25, 0.3) is 0 Å². The number of halogens is 1. The van der Waals surface area contributed by atoms with Gasteiger partial charge < -0.3 is 5.73 Å². The minimum Gasteiger partial charge on any atom is -0.397 e. The minimum absolute atomic E-state index is 0.187. The van der Waals surface area contributed by atoms with E-state index in [4.69, 9.17) is 23.1 Å². The standard InChI is InChI=1S/C7H8ClN2/c8-6-3-1-2-5(4-9)7(6)10/h1-3,9H,4,10H2. The van der Waals surface area contributed by atoms with Gasteiger partial charge in [-0.05, 0) is 11.6 Å². The first-order valence-electron chi connectivity index (χ1n) is 2.93. The van der Waals surface area contributed by atoms with Gasteiger partial charge in [0.2, 0.25) is 0 Å². The summed E-state index contributed by atoms with van der Waals surface area (Å²) in [7, 11) is 0. The second-order valence-electron chi connectivity index (χ2n) is 1.99. The second kappa shape index (κ2) is 2.90. The van der Waals surface area contributed by atoms with Gasteiger partial charge in [-0.3, -0.25) is 5.73 Å². The predicted molar refractivity (Wildman–Crippen MR) is 42.7 cm³/mol. The Kier molecular flexibility index (Phi) is 2.14. The van der Waals surface area contributed by atoms with Crippen LogP contribution in [0.5, 0.6) is 0 Å². The molecule has 10 heavy (non-hydrogen) atoms. The Balaban J connectivity index is 3.14. The summed E-state index contributed by atoms with van der Waals surface area (Å²) in [5, 5.41) is 0.532. The third-order valence-electron chi connectivity index (χ3n) is 1.33. The van der Waals surface area contributed by atoms with E-state index in [2.05, 4.69) is 0 Å². The third-order valence-corrected chi connectivity index (χ3v) is 1.66. The topological polar surface area (TPSA) is 49.8 Å². The Hall–Kier alpha value is -0.730. The van der Waals surface area contributed by atoms with Gasteiger partial charge in [0, 0.05) is 6.54 Å². The molecule has 3 heteroatoms. The van der Waals surface area contributed by atoms with Crippen molar-refractivity contribution < 1.29 is 0 Å². The van der Waals surface area contributed by atoms with Crippen LogP contribution in [0, 0.1) is 0 Å². The highest BCUT2D eigenvalue weighted by atomic mass is 35.5. The molecular formula is C7H8ClN2. The monoisotopic (exact) mass is 155 g/mol. The molecule has 53 valence electrons. The van der Waals surface area contributed by atoms with Crippen LogP contribution in [-0.2, 0) is 6.54 Å². The first-order chi connectivity index (χ1) is 4.75. The third kappa shape index (κ3) is 1.23. The van der Waals surface area contributed by atoms with Gasteiger partial charge in [0.25, 0.3) is 0 Å². The zero-order chi connectivity index (χ0) is 7.56. The van der Waals surface area contributed by atoms with Crippen LogP contribution in [0.1, 0.15) is 5.56 Å². The van der Waals surface area contributed by atoms with Crippen LogP contribution < -0.4 is 11.5 Å². The Bertz CT molecular complexity index is 235. The van der Waals surface area contributed by atoms with Gasteiger partial charge in [-0.15, -0.1) is 0 Å². The van der Waals surface area contributed by atoms with Gasteiger partial charge in [-0.2, -0.15) is 0 Å². The molecule has 0 bridgehead atoms. The molecule has 2 nitrogen and oxygen atoms in total. The molecule has 0 heterocycles. The molecule has 0 unspecified atom stereocenters.